The van der Waals surface area contributed by atoms with Crippen molar-refractivity contribution in [2.45, 2.75) is 70.9 Å². The average Bonchev–Trinajstić information content (AvgIpc) is 3.01. The molecule has 2 fully saturated rings. The van der Waals surface area contributed by atoms with E-state index in [1.165, 1.54) is 4.90 Å². The molecule has 10 nitrogen and oxygen atoms in total. The molecule has 2 saturated heterocycles. The molecule has 2 aliphatic heterocycles. The van der Waals surface area contributed by atoms with Gasteiger partial charge in [-0.1, -0.05) is 52.7 Å². The predicted octanol–water partition coefficient (Wildman–Crippen LogP) is 5.01. The number of rotatable bonds is 12. The van der Waals surface area contributed by atoms with Gasteiger partial charge in [0.25, 0.3) is 5.91 Å². The van der Waals surface area contributed by atoms with Crippen molar-refractivity contribution in [1.82, 2.24) is 19.6 Å². The summed E-state index contributed by atoms with van der Waals surface area (Å²) < 4.78 is 0. The molecule has 0 saturated carbocycles. The summed E-state index contributed by atoms with van der Waals surface area (Å²) in [7, 11) is 3.35. The molecule has 4 rings (SSSR count). The van der Waals surface area contributed by atoms with Crippen LogP contribution in [0.5, 0.6) is 0 Å². The number of carbonyl (C=O) groups excluding carboxylic acids is 2. The molecule has 10 heteroatoms. The molecule has 3 amide bonds. The number of hydrogen-bond donors (Lipinski definition) is 1. The number of nitrogens with zero attached hydrogens (tertiary/aromatic N) is 5. The highest BCUT2D eigenvalue weighted by Crippen LogP contribution is 2.28. The van der Waals surface area contributed by atoms with Gasteiger partial charge in [-0.05, 0) is 77.6 Å². The van der Waals surface area contributed by atoms with Crippen LogP contribution in [-0.2, 0) is 9.63 Å². The number of amides is 3. The number of benzene rings is 2. The minimum Gasteiger partial charge on any atom is -0.480 e. The highest BCUT2D eigenvalue weighted by atomic mass is 16.6. The first-order valence-electron chi connectivity index (χ1n) is 15.9. The van der Waals surface area contributed by atoms with Gasteiger partial charge in [-0.15, -0.1) is 0 Å². The summed E-state index contributed by atoms with van der Waals surface area (Å²) in [5.74, 6) is -1.09. The molecule has 0 spiro atoms. The molecular formula is C35H49N5O5. The first-order valence-corrected chi connectivity index (χ1v) is 15.9. The number of likely N-dealkylation sites (tertiary alicyclic amines) is 1. The Kier molecular flexibility index (Phi) is 11.3. The number of carboxylic acid groups (broad SMARTS) is 1. The number of urea groups is 1. The van der Waals surface area contributed by atoms with Crippen molar-refractivity contribution >= 4 is 23.6 Å². The lowest BCUT2D eigenvalue weighted by Gasteiger charge is -2.47. The first-order chi connectivity index (χ1) is 21.4. The second kappa shape index (κ2) is 14.9. The van der Waals surface area contributed by atoms with Crippen molar-refractivity contribution in [2.24, 2.45) is 5.16 Å². The fourth-order valence-electron chi connectivity index (χ4n) is 6.65. The van der Waals surface area contributed by atoms with Crippen LogP contribution in [0.2, 0.25) is 0 Å². The highest BCUT2D eigenvalue weighted by molar-refractivity contribution is 5.99. The molecule has 0 aromatic heterocycles. The Hall–Kier alpha value is -3.92. The van der Waals surface area contributed by atoms with Crippen LogP contribution in [0.25, 0.3) is 0 Å². The Labute approximate surface area is 267 Å². The Morgan fingerprint density at radius 1 is 1.04 bits per heavy atom. The van der Waals surface area contributed by atoms with Crippen molar-refractivity contribution in [1.29, 1.82) is 0 Å². The number of carbonyl (C=O) groups is 3. The summed E-state index contributed by atoms with van der Waals surface area (Å²) in [5.41, 5.74) is 3.44. The molecule has 0 aliphatic carbocycles. The van der Waals surface area contributed by atoms with Crippen LogP contribution < -0.4 is 0 Å². The van der Waals surface area contributed by atoms with Crippen molar-refractivity contribution < 1.29 is 24.3 Å². The third kappa shape index (κ3) is 8.22. The normalized spacial score (nSPS) is 17.7. The molecule has 2 heterocycles. The lowest BCUT2D eigenvalue weighted by molar-refractivity contribution is -0.148. The van der Waals surface area contributed by atoms with Crippen LogP contribution in [0.3, 0.4) is 0 Å². The average molecular weight is 620 g/mol. The summed E-state index contributed by atoms with van der Waals surface area (Å²) in [6.07, 6.45) is 3.25. The van der Waals surface area contributed by atoms with E-state index < -0.39 is 11.5 Å². The summed E-state index contributed by atoms with van der Waals surface area (Å²) >= 11 is 0. The van der Waals surface area contributed by atoms with Gasteiger partial charge in [-0.3, -0.25) is 4.79 Å². The number of oxime groups is 1. The predicted molar refractivity (Wildman–Crippen MR) is 176 cm³/mol. The van der Waals surface area contributed by atoms with Gasteiger partial charge >= 0.3 is 12.0 Å². The molecule has 2 aromatic rings. The monoisotopic (exact) mass is 619 g/mol. The second-order valence-electron chi connectivity index (χ2n) is 13.0. The standard InChI is InChI=1S/C35H49N5O5/c1-25-21-26(2)23-28(22-25)32(41)37(5)24-31(36-45-6)30(27-11-8-7-9-12-27)15-20-38-18-13-29(14-19-38)39-16-10-17-40(34(39)44)35(3,4)33(42)43/h7-9,11-12,21-23,29-30H,10,13-20,24H2,1-6H3,(H,42,43)/b36-31+. The maximum absolute atomic E-state index is 13.4. The molecule has 45 heavy (non-hydrogen) atoms. The summed E-state index contributed by atoms with van der Waals surface area (Å²) in [5, 5.41) is 14.1. The van der Waals surface area contributed by atoms with E-state index in [0.717, 1.165) is 67.7 Å². The Bertz CT molecular complexity index is 1350. The zero-order valence-electron chi connectivity index (χ0n) is 27.7. The van der Waals surface area contributed by atoms with Gasteiger partial charge in [-0.2, -0.15) is 0 Å². The van der Waals surface area contributed by atoms with Gasteiger partial charge in [0.2, 0.25) is 0 Å². The Morgan fingerprint density at radius 3 is 2.29 bits per heavy atom. The lowest BCUT2D eigenvalue weighted by atomic mass is 9.89. The van der Waals surface area contributed by atoms with Crippen molar-refractivity contribution in [3.8, 4) is 0 Å². The van der Waals surface area contributed by atoms with E-state index in [-0.39, 0.29) is 23.9 Å². The third-order valence-corrected chi connectivity index (χ3v) is 9.21. The van der Waals surface area contributed by atoms with Crippen molar-refractivity contribution in [2.75, 3.05) is 53.4 Å². The largest absolute Gasteiger partial charge is 0.480 e. The number of aliphatic carboxylic acids is 1. The van der Waals surface area contributed by atoms with Crippen LogP contribution in [0.15, 0.2) is 53.7 Å². The second-order valence-corrected chi connectivity index (χ2v) is 13.0. The van der Waals surface area contributed by atoms with E-state index in [1.807, 2.05) is 49.1 Å². The highest BCUT2D eigenvalue weighted by Gasteiger charge is 2.43. The molecule has 2 aromatic carbocycles. The fourth-order valence-corrected chi connectivity index (χ4v) is 6.65. The Morgan fingerprint density at radius 2 is 1.69 bits per heavy atom. The zero-order valence-corrected chi connectivity index (χ0v) is 27.7. The summed E-state index contributed by atoms with van der Waals surface area (Å²) in [4.78, 5) is 51.4. The van der Waals surface area contributed by atoms with E-state index >= 15 is 0 Å². The van der Waals surface area contributed by atoms with Gasteiger partial charge in [0.1, 0.15) is 12.6 Å². The van der Waals surface area contributed by atoms with Crippen LogP contribution in [0.4, 0.5) is 4.79 Å². The molecule has 0 radical (unpaired) electrons. The van der Waals surface area contributed by atoms with Gasteiger partial charge in [0, 0.05) is 50.7 Å². The molecule has 1 unspecified atom stereocenters. The molecular weight excluding hydrogens is 570 g/mol. The zero-order chi connectivity index (χ0) is 32.7. The molecule has 2 aliphatic rings. The number of aryl methyl sites for hydroxylation is 2. The number of hydrogen-bond acceptors (Lipinski definition) is 6. The van der Waals surface area contributed by atoms with E-state index in [4.69, 9.17) is 4.84 Å². The van der Waals surface area contributed by atoms with Crippen LogP contribution in [0, 0.1) is 13.8 Å². The maximum Gasteiger partial charge on any atom is 0.329 e. The molecule has 244 valence electrons. The van der Waals surface area contributed by atoms with Gasteiger partial charge < -0.3 is 29.5 Å². The SMILES string of the molecule is CO/N=C(\CN(C)C(=O)c1cc(C)cc(C)c1)C(CCN1CCC(N2CCCN(C(C)(C)C(=O)O)C2=O)CC1)c1ccccc1. The summed E-state index contributed by atoms with van der Waals surface area (Å²) in [6.45, 7) is 11.2. The Balaban J connectivity index is 1.41. The quantitative estimate of drug-likeness (QED) is 0.265. The maximum atomic E-state index is 13.4. The minimum absolute atomic E-state index is 0.0474. The summed E-state index contributed by atoms with van der Waals surface area (Å²) in [6, 6.07) is 16.0. The van der Waals surface area contributed by atoms with Gasteiger partial charge in [-0.25, -0.2) is 9.59 Å². The smallest absolute Gasteiger partial charge is 0.329 e. The van der Waals surface area contributed by atoms with E-state index in [0.29, 0.717) is 25.2 Å². The number of carboxylic acids is 1. The van der Waals surface area contributed by atoms with E-state index in [9.17, 15) is 19.5 Å². The number of piperidine rings is 1. The van der Waals surface area contributed by atoms with Crippen LogP contribution >= 0.6 is 0 Å². The van der Waals surface area contributed by atoms with Crippen molar-refractivity contribution in [3.63, 3.8) is 0 Å². The molecule has 1 N–H and O–H groups in total. The third-order valence-electron chi connectivity index (χ3n) is 9.21. The topological polar surface area (TPSA) is 106 Å². The lowest BCUT2D eigenvalue weighted by Crippen LogP contribution is -2.63. The van der Waals surface area contributed by atoms with E-state index in [1.54, 1.807) is 32.9 Å². The first kappa shape index (κ1) is 34.0. The van der Waals surface area contributed by atoms with Crippen LogP contribution in [0.1, 0.15) is 72.5 Å². The van der Waals surface area contributed by atoms with E-state index in [2.05, 4.69) is 28.3 Å². The van der Waals surface area contributed by atoms with Crippen LogP contribution in [-0.4, -0.2) is 113 Å². The van der Waals surface area contributed by atoms with Gasteiger partial charge in [0.05, 0.1) is 12.3 Å². The van der Waals surface area contributed by atoms with Crippen molar-refractivity contribution in [3.05, 3.63) is 70.8 Å². The van der Waals surface area contributed by atoms with Gasteiger partial charge in [0.15, 0.2) is 0 Å². The molecule has 0 bridgehead atoms. The minimum atomic E-state index is -1.23. The molecule has 1 atom stereocenters. The fraction of sp³-hybridized carbons (Fsp3) is 0.543.